The van der Waals surface area contributed by atoms with Crippen molar-refractivity contribution in [1.82, 2.24) is 0 Å². The molecular formula is C19H11F3N2O3. The molecule has 2 N–H and O–H groups in total. The number of hydrogen-bond acceptors (Lipinski definition) is 4. The van der Waals surface area contributed by atoms with Crippen molar-refractivity contribution in [2.75, 3.05) is 5.32 Å². The van der Waals surface area contributed by atoms with Gasteiger partial charge in [-0.1, -0.05) is 24.3 Å². The molecule has 0 radical (unpaired) electrons. The van der Waals surface area contributed by atoms with E-state index in [0.717, 1.165) is 12.1 Å². The Hall–Kier alpha value is -3.73. The van der Waals surface area contributed by atoms with Crippen LogP contribution in [0.1, 0.15) is 15.9 Å². The highest BCUT2D eigenvalue weighted by atomic mass is 19.4. The number of nitriles is 1. The zero-order valence-electron chi connectivity index (χ0n) is 13.5. The van der Waals surface area contributed by atoms with Gasteiger partial charge in [0.05, 0.1) is 22.9 Å². The minimum atomic E-state index is -5.00. The third kappa shape index (κ3) is 4.10. The van der Waals surface area contributed by atoms with Crippen LogP contribution in [0.25, 0.3) is 10.8 Å². The van der Waals surface area contributed by atoms with Gasteiger partial charge in [-0.15, -0.1) is 13.2 Å². The Labute approximate surface area is 151 Å². The Bertz CT molecular complexity index is 1070. The van der Waals surface area contributed by atoms with Gasteiger partial charge in [0.2, 0.25) is 0 Å². The lowest BCUT2D eigenvalue weighted by atomic mass is 10.1. The molecule has 3 aromatic carbocycles. The van der Waals surface area contributed by atoms with Gasteiger partial charge in [0.25, 0.3) is 5.91 Å². The first-order valence-corrected chi connectivity index (χ1v) is 7.60. The lowest BCUT2D eigenvalue weighted by Gasteiger charge is -2.15. The van der Waals surface area contributed by atoms with E-state index in [2.05, 4.69) is 10.1 Å². The number of aromatic hydroxyl groups is 1. The number of carbonyl (C=O) groups excluding carboxylic acids is 1. The first kappa shape index (κ1) is 18.1. The quantitative estimate of drug-likeness (QED) is 0.706. The molecule has 0 aliphatic rings. The van der Waals surface area contributed by atoms with Crippen LogP contribution in [0.3, 0.4) is 0 Å². The fourth-order valence-electron chi connectivity index (χ4n) is 2.50. The van der Waals surface area contributed by atoms with Gasteiger partial charge in [0, 0.05) is 6.07 Å². The number of nitrogens with zero attached hydrogens (tertiary/aromatic N) is 1. The monoisotopic (exact) mass is 372 g/mol. The maximum Gasteiger partial charge on any atom is 0.573 e. The van der Waals surface area contributed by atoms with Gasteiger partial charge in [-0.05, 0) is 35.0 Å². The van der Waals surface area contributed by atoms with E-state index >= 15 is 0 Å². The van der Waals surface area contributed by atoms with Crippen LogP contribution in [-0.4, -0.2) is 17.4 Å². The molecule has 0 aliphatic heterocycles. The van der Waals surface area contributed by atoms with Crippen molar-refractivity contribution in [1.29, 1.82) is 5.26 Å². The van der Waals surface area contributed by atoms with E-state index in [1.54, 1.807) is 30.3 Å². The van der Waals surface area contributed by atoms with Gasteiger partial charge in [0.1, 0.15) is 5.75 Å². The van der Waals surface area contributed by atoms with Gasteiger partial charge in [-0.2, -0.15) is 5.26 Å². The number of phenolic OH excluding ortho intramolecular Hbond substituents is 1. The maximum absolute atomic E-state index is 12.6. The number of anilines is 1. The number of hydrogen-bond donors (Lipinski definition) is 2. The summed E-state index contributed by atoms with van der Waals surface area (Å²) in [6.07, 6.45) is -5.00. The molecule has 0 saturated heterocycles. The molecule has 0 bridgehead atoms. The highest BCUT2D eigenvalue weighted by Crippen LogP contribution is 2.32. The number of amides is 1. The molecule has 0 aliphatic carbocycles. The SMILES string of the molecule is N#Cc1ccc(NC(=O)c2cc3ccccc3cc2O)c(OC(F)(F)F)c1. The summed E-state index contributed by atoms with van der Waals surface area (Å²) in [5.74, 6) is -1.87. The molecular weight excluding hydrogens is 361 g/mol. The molecule has 5 nitrogen and oxygen atoms in total. The minimum Gasteiger partial charge on any atom is -0.507 e. The molecule has 0 heterocycles. The smallest absolute Gasteiger partial charge is 0.507 e. The molecule has 0 saturated carbocycles. The number of nitrogens with one attached hydrogen (secondary N) is 1. The van der Waals surface area contributed by atoms with Crippen LogP contribution in [0.2, 0.25) is 0 Å². The first-order valence-electron chi connectivity index (χ1n) is 7.60. The summed E-state index contributed by atoms with van der Waals surface area (Å²) in [5, 5.41) is 22.6. The van der Waals surface area contributed by atoms with Crippen LogP contribution >= 0.6 is 0 Å². The summed E-state index contributed by atoms with van der Waals surface area (Å²) in [5.41, 5.74) is -0.472. The molecule has 0 atom stereocenters. The first-order chi connectivity index (χ1) is 12.8. The lowest BCUT2D eigenvalue weighted by Crippen LogP contribution is -2.20. The number of ether oxygens (including phenoxy) is 1. The van der Waals surface area contributed by atoms with E-state index in [1.165, 1.54) is 18.2 Å². The van der Waals surface area contributed by atoms with Gasteiger partial charge in [0.15, 0.2) is 5.75 Å². The Morgan fingerprint density at radius 2 is 1.74 bits per heavy atom. The predicted octanol–water partition coefficient (Wildman–Crippen LogP) is 4.57. The average Bonchev–Trinajstić information content (AvgIpc) is 2.61. The summed E-state index contributed by atoms with van der Waals surface area (Å²) < 4.78 is 41.7. The molecule has 0 aromatic heterocycles. The molecule has 8 heteroatoms. The average molecular weight is 372 g/mol. The molecule has 27 heavy (non-hydrogen) atoms. The van der Waals surface area contributed by atoms with Gasteiger partial charge < -0.3 is 15.2 Å². The zero-order valence-corrected chi connectivity index (χ0v) is 13.5. The van der Waals surface area contributed by atoms with Crippen molar-refractivity contribution in [2.45, 2.75) is 6.36 Å². The van der Waals surface area contributed by atoms with Gasteiger partial charge in [-0.3, -0.25) is 4.79 Å². The van der Waals surface area contributed by atoms with E-state index in [0.29, 0.717) is 10.8 Å². The number of benzene rings is 3. The van der Waals surface area contributed by atoms with E-state index in [4.69, 9.17) is 5.26 Å². The fraction of sp³-hybridized carbons (Fsp3) is 0.0526. The van der Waals surface area contributed by atoms with Gasteiger partial charge in [-0.25, -0.2) is 0 Å². The van der Waals surface area contributed by atoms with Crippen molar-refractivity contribution in [3.8, 4) is 17.6 Å². The van der Waals surface area contributed by atoms with Crippen molar-refractivity contribution < 1.29 is 27.8 Å². The van der Waals surface area contributed by atoms with Crippen molar-refractivity contribution in [2.24, 2.45) is 0 Å². The van der Waals surface area contributed by atoms with Crippen LogP contribution in [0.4, 0.5) is 18.9 Å². The summed E-state index contributed by atoms with van der Waals surface area (Å²) in [4.78, 5) is 12.5. The van der Waals surface area contributed by atoms with Crippen LogP contribution in [0, 0.1) is 11.3 Å². The van der Waals surface area contributed by atoms with E-state index in [9.17, 15) is 23.1 Å². The second-order valence-corrected chi connectivity index (χ2v) is 5.54. The number of halogens is 3. The Morgan fingerprint density at radius 3 is 2.37 bits per heavy atom. The number of carbonyl (C=O) groups is 1. The zero-order chi connectivity index (χ0) is 19.6. The Morgan fingerprint density at radius 1 is 1.07 bits per heavy atom. The van der Waals surface area contributed by atoms with Crippen LogP contribution in [0.5, 0.6) is 11.5 Å². The summed E-state index contributed by atoms with van der Waals surface area (Å²) in [7, 11) is 0. The number of alkyl halides is 3. The summed E-state index contributed by atoms with van der Waals surface area (Å²) >= 11 is 0. The molecule has 0 spiro atoms. The predicted molar refractivity (Wildman–Crippen MR) is 91.4 cm³/mol. The normalized spacial score (nSPS) is 11.0. The molecule has 0 unspecified atom stereocenters. The molecule has 0 fully saturated rings. The third-order valence-electron chi connectivity index (χ3n) is 3.69. The van der Waals surface area contributed by atoms with Gasteiger partial charge >= 0.3 is 6.36 Å². The van der Waals surface area contributed by atoms with E-state index < -0.39 is 18.0 Å². The number of phenols is 1. The summed E-state index contributed by atoms with van der Waals surface area (Å²) in [6, 6.07) is 14.7. The van der Waals surface area contributed by atoms with E-state index in [1.807, 2.05) is 0 Å². The van der Waals surface area contributed by atoms with Crippen molar-refractivity contribution in [3.63, 3.8) is 0 Å². The Kier molecular flexibility index (Phi) is 4.60. The molecule has 3 rings (SSSR count). The van der Waals surface area contributed by atoms with Crippen LogP contribution < -0.4 is 10.1 Å². The minimum absolute atomic E-state index is 0.0687. The lowest BCUT2D eigenvalue weighted by molar-refractivity contribution is -0.274. The largest absolute Gasteiger partial charge is 0.573 e. The molecule has 136 valence electrons. The third-order valence-corrected chi connectivity index (χ3v) is 3.69. The molecule has 3 aromatic rings. The highest BCUT2D eigenvalue weighted by Gasteiger charge is 2.32. The summed E-state index contributed by atoms with van der Waals surface area (Å²) in [6.45, 7) is 0. The van der Waals surface area contributed by atoms with Crippen molar-refractivity contribution >= 4 is 22.4 Å². The van der Waals surface area contributed by atoms with Crippen molar-refractivity contribution in [3.05, 3.63) is 65.7 Å². The highest BCUT2D eigenvalue weighted by molar-refractivity contribution is 6.09. The number of fused-ring (bicyclic) bond motifs is 1. The van der Waals surface area contributed by atoms with E-state index in [-0.39, 0.29) is 22.6 Å². The second kappa shape index (κ2) is 6.88. The molecule has 1 amide bonds. The van der Waals surface area contributed by atoms with Crippen LogP contribution in [0.15, 0.2) is 54.6 Å². The van der Waals surface area contributed by atoms with Crippen LogP contribution in [-0.2, 0) is 0 Å². The topological polar surface area (TPSA) is 82.4 Å². The standard InChI is InChI=1S/C19H11F3N2O3/c20-19(21,22)27-17-7-11(10-23)5-6-15(17)24-18(26)14-8-12-3-1-2-4-13(12)9-16(14)25/h1-9,25H,(H,24,26). The number of rotatable bonds is 3. The second-order valence-electron chi connectivity index (χ2n) is 5.54. The fourth-order valence-corrected chi connectivity index (χ4v) is 2.50. The maximum atomic E-state index is 12.6. The Balaban J connectivity index is 1.96.